The lowest BCUT2D eigenvalue weighted by Crippen LogP contribution is -2.39. The van der Waals surface area contributed by atoms with Crippen LogP contribution in [0.4, 0.5) is 0 Å². The largest absolute Gasteiger partial charge is 0.375 e. The van der Waals surface area contributed by atoms with Gasteiger partial charge in [-0.25, -0.2) is 0 Å². The Morgan fingerprint density at radius 1 is 1.00 bits per heavy atom. The average molecular weight is 480 g/mol. The molecule has 0 aromatic rings. The fourth-order valence-electron chi connectivity index (χ4n) is 4.22. The van der Waals surface area contributed by atoms with Gasteiger partial charge in [0.2, 0.25) is 0 Å². The summed E-state index contributed by atoms with van der Waals surface area (Å²) in [6.07, 6.45) is 9.14. The Morgan fingerprint density at radius 3 is 2.13 bits per heavy atom. The van der Waals surface area contributed by atoms with Gasteiger partial charge in [-0.05, 0) is 84.5 Å². The predicted octanol–water partition coefficient (Wildman–Crippen LogP) is 6.73. The fourth-order valence-corrected chi connectivity index (χ4v) is 4.61. The Bertz CT molecular complexity index is 532. The summed E-state index contributed by atoms with van der Waals surface area (Å²) in [6, 6.07) is 0. The molecule has 1 aliphatic carbocycles. The van der Waals surface area contributed by atoms with Gasteiger partial charge in [0.05, 0.1) is 25.4 Å². The van der Waals surface area contributed by atoms with E-state index in [4.69, 9.17) is 32.7 Å². The highest BCUT2D eigenvalue weighted by molar-refractivity contribution is 6.23. The molecule has 0 bridgehead atoms. The molecular weight excluding hydrogens is 435 g/mol. The van der Waals surface area contributed by atoms with Crippen LogP contribution in [-0.4, -0.2) is 47.2 Å². The highest BCUT2D eigenvalue weighted by atomic mass is 35.5. The van der Waals surface area contributed by atoms with E-state index in [1.54, 1.807) is 13.8 Å². The van der Waals surface area contributed by atoms with Crippen LogP contribution in [0, 0.1) is 11.8 Å². The first-order valence-electron chi connectivity index (χ1n) is 12.0. The lowest BCUT2D eigenvalue weighted by Gasteiger charge is -2.36. The van der Waals surface area contributed by atoms with Crippen molar-refractivity contribution in [3.63, 3.8) is 0 Å². The van der Waals surface area contributed by atoms with Crippen molar-refractivity contribution in [2.24, 2.45) is 11.8 Å². The summed E-state index contributed by atoms with van der Waals surface area (Å²) in [7, 11) is 0. The van der Waals surface area contributed by atoms with Crippen molar-refractivity contribution in [3.05, 3.63) is 0 Å². The van der Waals surface area contributed by atoms with Crippen molar-refractivity contribution < 1.29 is 19.1 Å². The summed E-state index contributed by atoms with van der Waals surface area (Å²) in [4.78, 5) is 22.4. The third-order valence-corrected chi connectivity index (χ3v) is 7.15. The number of ketones is 2. The minimum atomic E-state index is -0.135. The van der Waals surface area contributed by atoms with Crippen LogP contribution < -0.4 is 0 Å². The molecule has 1 saturated carbocycles. The molecule has 0 spiro atoms. The molecule has 6 heteroatoms. The molecule has 0 N–H and O–H groups in total. The lowest BCUT2D eigenvalue weighted by atomic mass is 9.81. The summed E-state index contributed by atoms with van der Waals surface area (Å²) >= 11 is 13.0. The van der Waals surface area contributed by atoms with Crippen LogP contribution >= 0.6 is 23.2 Å². The van der Waals surface area contributed by atoms with Crippen molar-refractivity contribution in [1.29, 1.82) is 0 Å². The number of halogens is 2. The average Bonchev–Trinajstić information content (AvgIpc) is 2.65. The molecule has 0 aromatic heterocycles. The molecule has 5 atom stereocenters. The van der Waals surface area contributed by atoms with E-state index < -0.39 is 0 Å². The van der Waals surface area contributed by atoms with E-state index in [-0.39, 0.29) is 34.0 Å². The van der Waals surface area contributed by atoms with Crippen molar-refractivity contribution >= 4 is 34.8 Å². The van der Waals surface area contributed by atoms with E-state index in [0.717, 1.165) is 51.4 Å². The smallest absolute Gasteiger partial charge is 0.132 e. The first kappa shape index (κ1) is 28.9. The Kier molecular flexibility index (Phi) is 13.9. The zero-order valence-corrected chi connectivity index (χ0v) is 21.8. The maximum Gasteiger partial charge on any atom is 0.132 e. The van der Waals surface area contributed by atoms with Gasteiger partial charge in [0.1, 0.15) is 11.6 Å². The molecule has 1 aliphatic rings. The van der Waals surface area contributed by atoms with Gasteiger partial charge < -0.3 is 9.47 Å². The Morgan fingerprint density at radius 2 is 1.58 bits per heavy atom. The second kappa shape index (κ2) is 14.9. The van der Waals surface area contributed by atoms with Crippen LogP contribution in [0.5, 0.6) is 0 Å². The van der Waals surface area contributed by atoms with E-state index >= 15 is 0 Å². The summed E-state index contributed by atoms with van der Waals surface area (Å²) in [5, 5.41) is 0.181. The molecular formula is C25H44Cl2O4. The molecule has 182 valence electrons. The lowest BCUT2D eigenvalue weighted by molar-refractivity contribution is -0.127. The van der Waals surface area contributed by atoms with E-state index in [2.05, 4.69) is 20.8 Å². The van der Waals surface area contributed by atoms with Gasteiger partial charge in [-0.1, -0.05) is 13.3 Å². The summed E-state index contributed by atoms with van der Waals surface area (Å²) in [6.45, 7) is 10.4. The van der Waals surface area contributed by atoms with Crippen LogP contribution in [0.3, 0.4) is 0 Å². The second-order valence-corrected chi connectivity index (χ2v) is 11.7. The van der Waals surface area contributed by atoms with Crippen molar-refractivity contribution in [1.82, 2.24) is 0 Å². The molecule has 1 rings (SSSR count). The Balaban J connectivity index is 2.46. The van der Waals surface area contributed by atoms with Crippen molar-refractivity contribution in [2.75, 3.05) is 13.2 Å². The third-order valence-electron chi connectivity index (χ3n) is 6.31. The van der Waals surface area contributed by atoms with E-state index in [1.165, 1.54) is 0 Å². The zero-order valence-electron chi connectivity index (χ0n) is 20.3. The van der Waals surface area contributed by atoms with E-state index in [9.17, 15) is 9.59 Å². The second-order valence-electron chi connectivity index (χ2n) is 10.1. The SMILES string of the molecule is CC(=O)CCOC1CCC(CCC(Cl)C(C)CCCC(C)(C)Cl)CC1OCCC(C)=O. The first-order valence-corrected chi connectivity index (χ1v) is 12.8. The van der Waals surface area contributed by atoms with Gasteiger partial charge in [0.15, 0.2) is 0 Å². The number of alkyl halides is 2. The van der Waals surface area contributed by atoms with Crippen molar-refractivity contribution in [2.45, 2.75) is 121 Å². The minimum Gasteiger partial charge on any atom is -0.375 e. The Labute approximate surface area is 200 Å². The monoisotopic (exact) mass is 478 g/mol. The molecule has 1 fully saturated rings. The van der Waals surface area contributed by atoms with Gasteiger partial charge in [-0.3, -0.25) is 9.59 Å². The standard InChI is InChI=1S/C25H44Cl2O4/c1-18(7-6-14-25(4,5)27)22(26)10-8-21-9-11-23(30-15-12-19(2)28)24(17-21)31-16-13-20(3)29/h18,21-24H,6-17H2,1-5H3. The zero-order chi connectivity index (χ0) is 23.4. The number of hydrogen-bond acceptors (Lipinski definition) is 4. The predicted molar refractivity (Wildman–Crippen MR) is 129 cm³/mol. The van der Waals surface area contributed by atoms with Gasteiger partial charge in [0, 0.05) is 23.1 Å². The van der Waals surface area contributed by atoms with Gasteiger partial charge >= 0.3 is 0 Å². The van der Waals surface area contributed by atoms with Crippen LogP contribution in [-0.2, 0) is 19.1 Å². The molecule has 0 aliphatic heterocycles. The number of carbonyl (C=O) groups excluding carboxylic acids is 2. The summed E-state index contributed by atoms with van der Waals surface area (Å²) < 4.78 is 12.0. The van der Waals surface area contributed by atoms with Crippen LogP contribution in [0.1, 0.15) is 98.8 Å². The highest BCUT2D eigenvalue weighted by Crippen LogP contribution is 2.34. The number of ether oxygens (including phenoxy) is 2. The molecule has 4 nitrogen and oxygen atoms in total. The van der Waals surface area contributed by atoms with Crippen molar-refractivity contribution in [3.8, 4) is 0 Å². The summed E-state index contributed by atoms with van der Waals surface area (Å²) in [5.74, 6) is 1.32. The first-order chi connectivity index (χ1) is 14.5. The maximum atomic E-state index is 11.3. The third kappa shape index (κ3) is 13.9. The molecule has 5 unspecified atom stereocenters. The van der Waals surface area contributed by atoms with Crippen LogP contribution in [0.15, 0.2) is 0 Å². The summed E-state index contributed by atoms with van der Waals surface area (Å²) in [5.41, 5.74) is 0. The van der Waals surface area contributed by atoms with Crippen LogP contribution in [0.25, 0.3) is 0 Å². The highest BCUT2D eigenvalue weighted by Gasteiger charge is 2.32. The quantitative estimate of drug-likeness (QED) is 0.231. The van der Waals surface area contributed by atoms with Crippen LogP contribution in [0.2, 0.25) is 0 Å². The number of Topliss-reactive ketones (excluding diaryl/α,β-unsaturated/α-hetero) is 2. The van der Waals surface area contributed by atoms with Gasteiger partial charge in [0.25, 0.3) is 0 Å². The number of carbonyl (C=O) groups is 2. The van der Waals surface area contributed by atoms with Gasteiger partial charge in [-0.2, -0.15) is 0 Å². The van der Waals surface area contributed by atoms with E-state index in [1.807, 2.05) is 0 Å². The molecule has 0 aromatic carbocycles. The topological polar surface area (TPSA) is 52.6 Å². The van der Waals surface area contributed by atoms with Gasteiger partial charge in [-0.15, -0.1) is 23.2 Å². The molecule has 31 heavy (non-hydrogen) atoms. The fraction of sp³-hybridized carbons (Fsp3) is 0.920. The normalized spacial score (nSPS) is 24.0. The molecule has 0 amide bonds. The minimum absolute atomic E-state index is 0.00665. The number of rotatable bonds is 16. The maximum absolute atomic E-state index is 11.3. The van der Waals surface area contributed by atoms with E-state index in [0.29, 0.717) is 37.9 Å². The molecule has 0 radical (unpaired) electrons. The molecule has 0 heterocycles. The Hall–Kier alpha value is -0.160. The number of hydrogen-bond donors (Lipinski definition) is 0. The molecule has 0 saturated heterocycles.